The Morgan fingerprint density at radius 2 is 2.46 bits per heavy atom. The van der Waals surface area contributed by atoms with E-state index in [1.807, 2.05) is 16.8 Å². The van der Waals surface area contributed by atoms with Crippen molar-refractivity contribution in [1.82, 2.24) is 9.38 Å². The SMILES string of the molecule is N#CCc1cn2ccnc2cc1Cl. The predicted molar refractivity (Wildman–Crippen MR) is 49.5 cm³/mol. The number of pyridine rings is 1. The monoisotopic (exact) mass is 191 g/mol. The molecule has 0 saturated carbocycles. The summed E-state index contributed by atoms with van der Waals surface area (Å²) in [4.78, 5) is 4.08. The number of hydrogen-bond donors (Lipinski definition) is 0. The van der Waals surface area contributed by atoms with E-state index in [0.29, 0.717) is 11.4 Å². The molecule has 0 unspecified atom stereocenters. The van der Waals surface area contributed by atoms with Crippen molar-refractivity contribution in [1.29, 1.82) is 5.26 Å². The minimum Gasteiger partial charge on any atom is -0.307 e. The highest BCUT2D eigenvalue weighted by Crippen LogP contribution is 2.17. The van der Waals surface area contributed by atoms with Gasteiger partial charge >= 0.3 is 0 Å². The van der Waals surface area contributed by atoms with Crippen molar-refractivity contribution in [2.24, 2.45) is 0 Å². The molecule has 0 spiro atoms. The maximum Gasteiger partial charge on any atom is 0.138 e. The van der Waals surface area contributed by atoms with Gasteiger partial charge in [0.1, 0.15) is 5.65 Å². The molecule has 0 amide bonds. The number of aromatic nitrogens is 2. The molecule has 0 N–H and O–H groups in total. The van der Waals surface area contributed by atoms with Crippen LogP contribution in [0.3, 0.4) is 0 Å². The van der Waals surface area contributed by atoms with E-state index < -0.39 is 0 Å². The van der Waals surface area contributed by atoms with Gasteiger partial charge < -0.3 is 4.40 Å². The number of imidazole rings is 1. The average molecular weight is 192 g/mol. The van der Waals surface area contributed by atoms with Gasteiger partial charge in [0, 0.05) is 35.2 Å². The molecule has 0 aromatic carbocycles. The molecule has 2 heterocycles. The summed E-state index contributed by atoms with van der Waals surface area (Å²) in [6.45, 7) is 0. The third-order valence-electron chi connectivity index (χ3n) is 1.83. The van der Waals surface area contributed by atoms with Gasteiger partial charge in [0.05, 0.1) is 12.5 Å². The Hall–Kier alpha value is -1.53. The van der Waals surface area contributed by atoms with Gasteiger partial charge in [-0.05, 0) is 0 Å². The van der Waals surface area contributed by atoms with Gasteiger partial charge in [-0.1, -0.05) is 11.6 Å². The second-order valence-corrected chi connectivity index (χ2v) is 3.08. The fourth-order valence-electron chi connectivity index (χ4n) is 1.20. The van der Waals surface area contributed by atoms with Gasteiger partial charge in [-0.25, -0.2) is 4.98 Å². The zero-order valence-corrected chi connectivity index (χ0v) is 7.49. The number of fused-ring (bicyclic) bond motifs is 1. The molecule has 13 heavy (non-hydrogen) atoms. The van der Waals surface area contributed by atoms with Crippen molar-refractivity contribution in [3.05, 3.63) is 35.2 Å². The molecule has 2 rings (SSSR count). The maximum atomic E-state index is 8.53. The minimum absolute atomic E-state index is 0.326. The molecule has 0 aliphatic heterocycles. The number of nitrogens with zero attached hydrogens (tertiary/aromatic N) is 3. The zero-order valence-electron chi connectivity index (χ0n) is 6.74. The van der Waals surface area contributed by atoms with E-state index in [2.05, 4.69) is 11.1 Å². The molecular weight excluding hydrogens is 186 g/mol. The van der Waals surface area contributed by atoms with Gasteiger partial charge in [0.2, 0.25) is 0 Å². The van der Waals surface area contributed by atoms with E-state index >= 15 is 0 Å². The van der Waals surface area contributed by atoms with E-state index in [9.17, 15) is 0 Å². The number of nitriles is 1. The summed E-state index contributed by atoms with van der Waals surface area (Å²) < 4.78 is 1.85. The van der Waals surface area contributed by atoms with Crippen LogP contribution in [0.1, 0.15) is 5.56 Å². The van der Waals surface area contributed by atoms with Gasteiger partial charge in [0.25, 0.3) is 0 Å². The predicted octanol–water partition coefficient (Wildman–Crippen LogP) is 2.05. The second-order valence-electron chi connectivity index (χ2n) is 2.67. The minimum atomic E-state index is 0.326. The first-order valence-corrected chi connectivity index (χ1v) is 4.17. The zero-order chi connectivity index (χ0) is 9.26. The van der Waals surface area contributed by atoms with Gasteiger partial charge in [-0.15, -0.1) is 0 Å². The topological polar surface area (TPSA) is 41.1 Å². The van der Waals surface area contributed by atoms with Crippen LogP contribution in [-0.2, 0) is 6.42 Å². The molecule has 0 bridgehead atoms. The van der Waals surface area contributed by atoms with Crippen molar-refractivity contribution >= 4 is 17.2 Å². The molecule has 2 aromatic rings. The quantitative estimate of drug-likeness (QED) is 0.692. The Bertz CT molecular complexity index is 481. The summed E-state index contributed by atoms with van der Waals surface area (Å²) in [5.41, 5.74) is 1.63. The first-order chi connectivity index (χ1) is 6.31. The van der Waals surface area contributed by atoms with E-state index in [1.54, 1.807) is 12.3 Å². The van der Waals surface area contributed by atoms with Crippen LogP contribution in [-0.4, -0.2) is 9.38 Å². The van der Waals surface area contributed by atoms with Crippen LogP contribution in [0.25, 0.3) is 5.65 Å². The fourth-order valence-corrected chi connectivity index (χ4v) is 1.41. The fraction of sp³-hybridized carbons (Fsp3) is 0.111. The van der Waals surface area contributed by atoms with Crippen molar-refractivity contribution < 1.29 is 0 Å². The Balaban J connectivity index is 2.64. The van der Waals surface area contributed by atoms with Crippen molar-refractivity contribution in [2.75, 3.05) is 0 Å². The largest absolute Gasteiger partial charge is 0.307 e. The molecular formula is C9H6ClN3. The van der Waals surface area contributed by atoms with Crippen LogP contribution in [0.5, 0.6) is 0 Å². The molecule has 4 heteroatoms. The van der Waals surface area contributed by atoms with Crippen LogP contribution in [0.15, 0.2) is 24.7 Å². The Morgan fingerprint density at radius 3 is 3.23 bits per heavy atom. The summed E-state index contributed by atoms with van der Waals surface area (Å²) >= 11 is 5.93. The lowest BCUT2D eigenvalue weighted by molar-refractivity contribution is 1.12. The molecule has 0 aliphatic carbocycles. The first kappa shape index (κ1) is 8.09. The number of halogens is 1. The number of rotatable bonds is 1. The van der Waals surface area contributed by atoms with Crippen molar-refractivity contribution in [3.63, 3.8) is 0 Å². The molecule has 0 aliphatic rings. The highest BCUT2D eigenvalue weighted by Gasteiger charge is 2.02. The molecule has 3 nitrogen and oxygen atoms in total. The lowest BCUT2D eigenvalue weighted by Crippen LogP contribution is -1.90. The highest BCUT2D eigenvalue weighted by atomic mass is 35.5. The molecule has 0 fully saturated rings. The number of hydrogen-bond acceptors (Lipinski definition) is 2. The molecule has 2 aromatic heterocycles. The lowest BCUT2D eigenvalue weighted by Gasteiger charge is -2.00. The van der Waals surface area contributed by atoms with E-state index in [4.69, 9.17) is 16.9 Å². The smallest absolute Gasteiger partial charge is 0.138 e. The average Bonchev–Trinajstić information content (AvgIpc) is 2.52. The molecule has 64 valence electrons. The third kappa shape index (κ3) is 1.36. The Labute approximate surface area is 80.2 Å². The van der Waals surface area contributed by atoms with E-state index in [-0.39, 0.29) is 0 Å². The Morgan fingerprint density at radius 1 is 1.62 bits per heavy atom. The van der Waals surface area contributed by atoms with Crippen LogP contribution in [0.4, 0.5) is 0 Å². The van der Waals surface area contributed by atoms with Gasteiger partial charge in [0.15, 0.2) is 0 Å². The second kappa shape index (κ2) is 3.08. The van der Waals surface area contributed by atoms with Crippen LogP contribution < -0.4 is 0 Å². The van der Waals surface area contributed by atoms with Gasteiger partial charge in [-0.2, -0.15) is 5.26 Å². The molecule has 0 atom stereocenters. The van der Waals surface area contributed by atoms with E-state index in [1.165, 1.54) is 0 Å². The van der Waals surface area contributed by atoms with E-state index in [0.717, 1.165) is 11.2 Å². The standard InChI is InChI=1S/C9H6ClN3/c10-8-5-9-12-3-4-13(9)6-7(8)1-2-11/h3-6H,1H2. The first-order valence-electron chi connectivity index (χ1n) is 3.79. The summed E-state index contributed by atoms with van der Waals surface area (Å²) in [5, 5.41) is 9.13. The normalized spacial score (nSPS) is 10.2. The molecule has 0 radical (unpaired) electrons. The summed E-state index contributed by atoms with van der Waals surface area (Å²) in [6, 6.07) is 3.82. The molecule has 0 saturated heterocycles. The van der Waals surface area contributed by atoms with Crippen LogP contribution >= 0.6 is 11.6 Å². The van der Waals surface area contributed by atoms with Crippen LogP contribution in [0.2, 0.25) is 5.02 Å². The Kier molecular flexibility index (Phi) is 1.91. The highest BCUT2D eigenvalue weighted by molar-refractivity contribution is 6.31. The summed E-state index contributed by atoms with van der Waals surface area (Å²) in [7, 11) is 0. The third-order valence-corrected chi connectivity index (χ3v) is 2.18. The van der Waals surface area contributed by atoms with Crippen LogP contribution in [0, 0.1) is 11.3 Å². The van der Waals surface area contributed by atoms with Crippen molar-refractivity contribution in [3.8, 4) is 6.07 Å². The maximum absolute atomic E-state index is 8.53. The summed E-state index contributed by atoms with van der Waals surface area (Å²) in [5.74, 6) is 0. The summed E-state index contributed by atoms with van der Waals surface area (Å²) in [6.07, 6.45) is 5.68. The van der Waals surface area contributed by atoms with Gasteiger partial charge in [-0.3, -0.25) is 0 Å². The lowest BCUT2D eigenvalue weighted by atomic mass is 10.2. The van der Waals surface area contributed by atoms with Crippen molar-refractivity contribution in [2.45, 2.75) is 6.42 Å².